The molecule has 1 unspecified atom stereocenters. The van der Waals surface area contributed by atoms with Crippen LogP contribution in [0.2, 0.25) is 0 Å². The van der Waals surface area contributed by atoms with Gasteiger partial charge in [0.2, 0.25) is 0 Å². The van der Waals surface area contributed by atoms with E-state index in [1.807, 2.05) is 66.7 Å². The first-order valence-corrected chi connectivity index (χ1v) is 22.8. The number of hydrogen-bond acceptors (Lipinski definition) is 18. The molecule has 0 fully saturated rings. The van der Waals surface area contributed by atoms with Gasteiger partial charge in [-0.1, -0.05) is 111 Å². The number of dihydropyridines is 1. The predicted molar refractivity (Wildman–Crippen MR) is 281 cm³/mol. The molecule has 0 spiro atoms. The molecule has 1 heterocycles. The first kappa shape index (κ1) is 64.1. The van der Waals surface area contributed by atoms with Crippen molar-refractivity contribution in [3.05, 3.63) is 198 Å². The Hall–Kier alpha value is -8.88. The molecule has 5 N–H and O–H groups in total. The van der Waals surface area contributed by atoms with Crippen molar-refractivity contribution in [3.8, 4) is 0 Å². The molecule has 0 bridgehead atoms. The van der Waals surface area contributed by atoms with E-state index >= 15 is 0 Å². The summed E-state index contributed by atoms with van der Waals surface area (Å²) in [6.07, 6.45) is 9.38. The Morgan fingerprint density at radius 3 is 1.57 bits per heavy atom. The number of para-hydroxylation sites is 2. The van der Waals surface area contributed by atoms with Crippen LogP contribution < -0.4 is 11.1 Å². The average Bonchev–Trinajstić information content (AvgIpc) is 3.37. The summed E-state index contributed by atoms with van der Waals surface area (Å²) >= 11 is 0. The van der Waals surface area contributed by atoms with Gasteiger partial charge in [-0.3, -0.25) is 34.6 Å². The molecule has 75 heavy (non-hydrogen) atoms. The highest BCUT2D eigenvalue weighted by Gasteiger charge is 2.41. The van der Waals surface area contributed by atoms with Crippen molar-refractivity contribution in [2.75, 3.05) is 39.6 Å². The number of carbonyl (C=O) groups is 6. The van der Waals surface area contributed by atoms with E-state index in [1.165, 1.54) is 49.4 Å². The molecule has 0 aromatic heterocycles. The monoisotopic (exact) mass is 1040 g/mol. The molecule has 0 saturated heterocycles. The Bertz CT molecular complexity index is 2670. The molecule has 20 heteroatoms. The van der Waals surface area contributed by atoms with Crippen molar-refractivity contribution < 1.29 is 67.8 Å². The van der Waals surface area contributed by atoms with Gasteiger partial charge in [0.05, 0.1) is 45.7 Å². The fourth-order valence-electron chi connectivity index (χ4n) is 6.37. The van der Waals surface area contributed by atoms with E-state index in [-0.39, 0.29) is 99.3 Å². The fourth-order valence-corrected chi connectivity index (χ4v) is 6.37. The maximum Gasteiger partial charge on any atom is 0.337 e. The second kappa shape index (κ2) is 36.1. The lowest BCUT2D eigenvalue weighted by molar-refractivity contribution is -0.385. The van der Waals surface area contributed by atoms with Crippen LogP contribution in [0.5, 0.6) is 0 Å². The lowest BCUT2D eigenvalue weighted by Gasteiger charge is -2.30. The van der Waals surface area contributed by atoms with Crippen molar-refractivity contribution in [1.29, 1.82) is 0 Å². The van der Waals surface area contributed by atoms with E-state index in [1.54, 1.807) is 51.1 Å². The standard InChI is InChI=1S/C27H28N2O7.C13H15NO2.C7H5NO3.C7H12O4.CH4/c1-18-23(26(31)35-16-8-12-20-10-4-3-5-11-20)25(21-13-6-7-14-22(21)29(33)34)24(19(2)28-18)27(32)36-17-9-15-30;1-11(14)10-13(15)16-9-5-8-12-6-3-2-4-7-12;9-5-6-3-1-2-4-7(6)8(10)11;1-6(9)5-7(10)11-4-2-3-8;/h3-8,10-14,25,28,30H,9,15-17H2,1-2H3;2-8,10H,9,14H2,1H3;1-5H;8H,2-5H2,1H3;1H4/b12-8+;8-5+,11-10-;;;. The number of aliphatic hydroxyl groups is 2. The van der Waals surface area contributed by atoms with Crippen molar-refractivity contribution in [3.63, 3.8) is 0 Å². The summed E-state index contributed by atoms with van der Waals surface area (Å²) in [5, 5.41) is 42.4. The van der Waals surface area contributed by atoms with Crippen molar-refractivity contribution >= 4 is 59.5 Å². The number of nitrogens with one attached hydrogen (secondary N) is 1. The molecule has 1 aliphatic heterocycles. The van der Waals surface area contributed by atoms with E-state index < -0.39 is 39.6 Å². The van der Waals surface area contributed by atoms with E-state index in [9.17, 15) is 49.0 Å². The molecule has 5 rings (SSSR count). The molecule has 1 aliphatic rings. The Morgan fingerprint density at radius 1 is 0.653 bits per heavy atom. The van der Waals surface area contributed by atoms with Gasteiger partial charge in [-0.25, -0.2) is 14.4 Å². The SMILES string of the molecule is C.C/C(N)=C/C(=O)OC/C=C/c1ccccc1.CC(=O)CC(=O)OCCCO.CC1=C(C(=O)OC/C=C/c2ccccc2)C(c2ccccc2[N+](=O)[O-])C(C(=O)OCCCO)=C(C)N1.O=Cc1ccccc1[N+](=O)[O-]. The molecule has 4 aromatic carbocycles. The van der Waals surface area contributed by atoms with Gasteiger partial charge in [-0.05, 0) is 57.0 Å². The summed E-state index contributed by atoms with van der Waals surface area (Å²) in [5.74, 6) is -3.69. The van der Waals surface area contributed by atoms with Gasteiger partial charge >= 0.3 is 23.9 Å². The number of nitrogens with zero attached hydrogens (tertiary/aromatic N) is 2. The van der Waals surface area contributed by atoms with Crippen LogP contribution in [-0.2, 0) is 42.9 Å². The summed E-state index contributed by atoms with van der Waals surface area (Å²) < 4.78 is 20.3. The van der Waals surface area contributed by atoms with Crippen molar-refractivity contribution in [2.24, 2.45) is 5.73 Å². The van der Waals surface area contributed by atoms with Gasteiger partial charge < -0.3 is 40.2 Å². The Kier molecular flexibility index (Phi) is 30.9. The minimum Gasteiger partial charge on any atom is -0.465 e. The summed E-state index contributed by atoms with van der Waals surface area (Å²) in [5.41, 5.74) is 8.65. The van der Waals surface area contributed by atoms with Crippen LogP contribution in [0.3, 0.4) is 0 Å². The first-order chi connectivity index (χ1) is 35.4. The molecular formula is C55H64N4O16. The molecule has 0 radical (unpaired) electrons. The second-order valence-corrected chi connectivity index (χ2v) is 15.5. The lowest BCUT2D eigenvalue weighted by Crippen LogP contribution is -2.33. The van der Waals surface area contributed by atoms with E-state index in [2.05, 4.69) is 10.1 Å². The summed E-state index contributed by atoms with van der Waals surface area (Å²) in [4.78, 5) is 89.5. The number of benzene rings is 4. The van der Waals surface area contributed by atoms with Crippen LogP contribution in [0.4, 0.5) is 11.4 Å². The van der Waals surface area contributed by atoms with Crippen molar-refractivity contribution in [2.45, 2.75) is 60.3 Å². The Morgan fingerprint density at radius 2 is 1.11 bits per heavy atom. The third-order valence-electron chi connectivity index (χ3n) is 9.60. The predicted octanol–water partition coefficient (Wildman–Crippen LogP) is 8.05. The van der Waals surface area contributed by atoms with Crippen LogP contribution in [0.1, 0.15) is 87.4 Å². The number of nitrogens with two attached hydrogens (primary N) is 1. The Balaban J connectivity index is 0.000000590. The summed E-state index contributed by atoms with van der Waals surface area (Å²) in [7, 11) is 0. The van der Waals surface area contributed by atoms with Gasteiger partial charge in [-0.2, -0.15) is 0 Å². The topological polar surface area (TPSA) is 304 Å². The minimum absolute atomic E-state index is 0. The maximum atomic E-state index is 13.3. The normalized spacial score (nSPS) is 12.7. The zero-order valence-corrected chi connectivity index (χ0v) is 41.4. The number of nitro benzene ring substituents is 2. The molecule has 400 valence electrons. The van der Waals surface area contributed by atoms with E-state index in [0.29, 0.717) is 29.8 Å². The largest absolute Gasteiger partial charge is 0.465 e. The molecule has 0 aliphatic carbocycles. The highest BCUT2D eigenvalue weighted by Crippen LogP contribution is 2.42. The van der Waals surface area contributed by atoms with Crippen LogP contribution in [0.15, 0.2) is 156 Å². The molecule has 4 aromatic rings. The van der Waals surface area contributed by atoms with E-state index in [0.717, 1.165) is 11.1 Å². The number of Topliss-reactive ketones (excluding diaryl/α,β-unsaturated/α-hetero) is 1. The highest BCUT2D eigenvalue weighted by atomic mass is 16.6. The lowest BCUT2D eigenvalue weighted by atomic mass is 9.79. The Labute approximate surface area is 435 Å². The van der Waals surface area contributed by atoms with Crippen LogP contribution in [0.25, 0.3) is 12.2 Å². The minimum atomic E-state index is -1.08. The number of ketones is 1. The zero-order chi connectivity index (χ0) is 54.8. The number of esters is 4. The number of rotatable bonds is 21. The third-order valence-corrected chi connectivity index (χ3v) is 9.60. The molecule has 20 nitrogen and oxygen atoms in total. The quantitative estimate of drug-likeness (QED) is 0.00896. The highest BCUT2D eigenvalue weighted by molar-refractivity contribution is 6.00. The number of carbonyl (C=O) groups excluding carboxylic acids is 6. The smallest absolute Gasteiger partial charge is 0.337 e. The number of aliphatic hydroxyl groups excluding tert-OH is 2. The van der Waals surface area contributed by atoms with E-state index in [4.69, 9.17) is 30.2 Å². The summed E-state index contributed by atoms with van der Waals surface area (Å²) in [6, 6.07) is 31.0. The van der Waals surface area contributed by atoms with Crippen LogP contribution >= 0.6 is 0 Å². The van der Waals surface area contributed by atoms with Gasteiger partial charge in [0, 0.05) is 66.9 Å². The second-order valence-electron chi connectivity index (χ2n) is 15.5. The number of nitro groups is 2. The van der Waals surface area contributed by atoms with Gasteiger partial charge in [0.15, 0.2) is 6.29 Å². The maximum absolute atomic E-state index is 13.3. The van der Waals surface area contributed by atoms with Crippen LogP contribution in [0, 0.1) is 20.2 Å². The zero-order valence-electron chi connectivity index (χ0n) is 41.4. The number of hydrogen-bond donors (Lipinski definition) is 4. The van der Waals surface area contributed by atoms with Gasteiger partial charge in [-0.15, -0.1) is 0 Å². The molecule has 1 atom stereocenters. The molecule has 0 saturated carbocycles. The number of allylic oxidation sites excluding steroid dienone is 3. The average molecular weight is 1040 g/mol. The van der Waals surface area contributed by atoms with Gasteiger partial charge in [0.25, 0.3) is 11.4 Å². The van der Waals surface area contributed by atoms with Gasteiger partial charge in [0.1, 0.15) is 25.4 Å². The molecular weight excluding hydrogens is 973 g/mol. The third kappa shape index (κ3) is 24.4. The van der Waals surface area contributed by atoms with Crippen molar-refractivity contribution in [1.82, 2.24) is 5.32 Å². The number of aldehydes is 1. The van der Waals surface area contributed by atoms with Crippen LogP contribution in [-0.4, -0.2) is 95.6 Å². The fraction of sp³-hybridized carbons (Fsp3) is 0.273. The summed E-state index contributed by atoms with van der Waals surface area (Å²) in [6.45, 7) is 6.44. The number of ether oxygens (including phenoxy) is 4. The molecule has 0 amide bonds. The first-order valence-electron chi connectivity index (χ1n) is 22.8.